The second-order valence-corrected chi connectivity index (χ2v) is 10.2. The summed E-state index contributed by atoms with van der Waals surface area (Å²) in [5.74, 6) is -4.02. The Bertz CT molecular complexity index is 1710. The molecule has 3 heterocycles. The Morgan fingerprint density at radius 2 is 1.85 bits per heavy atom. The number of aryl methyl sites for hydroxylation is 1. The number of hydrogen-bond donors (Lipinski definition) is 3. The van der Waals surface area contributed by atoms with E-state index in [1.54, 1.807) is 17.8 Å². The predicted octanol–water partition coefficient (Wildman–Crippen LogP) is 5.99. The monoisotopic (exact) mass is 585 g/mol. The summed E-state index contributed by atoms with van der Waals surface area (Å²) in [4.78, 5) is 1.06. The highest BCUT2D eigenvalue weighted by atomic mass is 32.2. The Labute approximate surface area is 235 Å². The number of benzene rings is 3. The third-order valence-electron chi connectivity index (χ3n) is 6.81. The number of aliphatic hydroxyl groups excluding tert-OH is 1. The first-order chi connectivity index (χ1) is 19.5. The molecule has 2 aliphatic rings. The first kappa shape index (κ1) is 26.8. The Balaban J connectivity index is 1.54. The van der Waals surface area contributed by atoms with E-state index in [-0.39, 0.29) is 22.9 Å². The number of nitrogens with one attached hydrogen (secondary N) is 1. The van der Waals surface area contributed by atoms with Gasteiger partial charge in [0.15, 0.2) is 17.2 Å². The van der Waals surface area contributed by atoms with Crippen molar-refractivity contribution >= 4 is 28.8 Å². The number of aromatic nitrogens is 2. The molecule has 0 saturated carbocycles. The minimum Gasteiger partial charge on any atom is -0.403 e. The molecule has 8 nitrogen and oxygen atoms in total. The van der Waals surface area contributed by atoms with Gasteiger partial charge in [0, 0.05) is 29.3 Å². The molecule has 0 aliphatic carbocycles. The first-order valence-electron chi connectivity index (χ1n) is 12.3. The molecule has 6 rings (SSSR count). The average molecular weight is 586 g/mol. The van der Waals surface area contributed by atoms with Crippen molar-refractivity contribution in [3.63, 3.8) is 0 Å². The summed E-state index contributed by atoms with van der Waals surface area (Å²) in [6.45, 7) is -1.45. The fourth-order valence-electron chi connectivity index (χ4n) is 4.94. The maximum absolute atomic E-state index is 14.8. The van der Waals surface area contributed by atoms with Crippen LogP contribution in [0.15, 0.2) is 71.8 Å². The van der Waals surface area contributed by atoms with E-state index in [0.29, 0.717) is 22.5 Å². The first-order valence-corrected chi connectivity index (χ1v) is 13.5. The van der Waals surface area contributed by atoms with Gasteiger partial charge in [0.05, 0.1) is 17.1 Å². The summed E-state index contributed by atoms with van der Waals surface area (Å²) in [5.41, 5.74) is 12.2. The van der Waals surface area contributed by atoms with E-state index in [9.17, 15) is 22.7 Å². The molecule has 13 heteroatoms. The smallest absolute Gasteiger partial charge is 0.403 e. The zero-order valence-electron chi connectivity index (χ0n) is 21.7. The number of hydrazine groups is 1. The van der Waals surface area contributed by atoms with Crippen molar-refractivity contribution in [2.75, 3.05) is 23.3 Å². The normalized spacial score (nSPS) is 15.4. The average Bonchev–Trinajstić information content (AvgIpc) is 3.47. The highest BCUT2D eigenvalue weighted by Crippen LogP contribution is 2.49. The molecule has 41 heavy (non-hydrogen) atoms. The fourth-order valence-corrected chi connectivity index (χ4v) is 5.40. The van der Waals surface area contributed by atoms with Crippen molar-refractivity contribution in [2.24, 2.45) is 12.8 Å². The predicted molar refractivity (Wildman–Crippen MR) is 148 cm³/mol. The van der Waals surface area contributed by atoms with Crippen LogP contribution in [0, 0.1) is 0 Å². The van der Waals surface area contributed by atoms with Gasteiger partial charge in [-0.2, -0.15) is 13.9 Å². The molecule has 0 amide bonds. The molecule has 3 aromatic carbocycles. The van der Waals surface area contributed by atoms with Gasteiger partial charge >= 0.3 is 12.2 Å². The Morgan fingerprint density at radius 3 is 2.59 bits per heavy atom. The highest BCUT2D eigenvalue weighted by Gasteiger charge is 2.44. The topological polar surface area (TPSA) is 97.8 Å². The van der Waals surface area contributed by atoms with Gasteiger partial charge < -0.3 is 20.3 Å². The van der Waals surface area contributed by atoms with E-state index in [4.69, 9.17) is 5.73 Å². The van der Waals surface area contributed by atoms with E-state index < -0.39 is 24.5 Å². The molecule has 0 unspecified atom stereocenters. The second-order valence-electron chi connectivity index (χ2n) is 9.35. The number of ether oxygens (including phenoxy) is 2. The van der Waals surface area contributed by atoms with Crippen LogP contribution in [0.1, 0.15) is 11.3 Å². The number of aliphatic hydroxyl groups is 1. The van der Waals surface area contributed by atoms with Crippen molar-refractivity contribution in [1.29, 1.82) is 0 Å². The molecule has 4 N–H and O–H groups in total. The van der Waals surface area contributed by atoms with Crippen molar-refractivity contribution < 1.29 is 32.1 Å². The van der Waals surface area contributed by atoms with E-state index in [2.05, 4.69) is 20.0 Å². The molecule has 0 fully saturated rings. The largest absolute Gasteiger partial charge is 0.586 e. The van der Waals surface area contributed by atoms with Crippen LogP contribution in [0.3, 0.4) is 0 Å². The molecule has 0 atom stereocenters. The van der Waals surface area contributed by atoms with Gasteiger partial charge in [-0.05, 0) is 59.8 Å². The van der Waals surface area contributed by atoms with Crippen molar-refractivity contribution in [2.45, 2.75) is 17.1 Å². The maximum Gasteiger partial charge on any atom is 0.586 e. The minimum absolute atomic E-state index is 0.0391. The lowest BCUT2D eigenvalue weighted by Crippen LogP contribution is -2.33. The summed E-state index contributed by atoms with van der Waals surface area (Å²) < 4.78 is 67.6. The minimum atomic E-state index is -3.82. The van der Waals surface area contributed by atoms with Gasteiger partial charge in [0.25, 0.3) is 0 Å². The fraction of sp³-hybridized carbons (Fsp3) is 0.179. The number of halogens is 4. The summed E-state index contributed by atoms with van der Waals surface area (Å²) >= 11 is 1.60. The Hall–Kier alpha value is -4.36. The number of nitrogens with zero attached hydrogens (tertiary/aromatic N) is 3. The molecule has 1 aromatic heterocycles. The highest BCUT2D eigenvalue weighted by molar-refractivity contribution is 7.98. The van der Waals surface area contributed by atoms with Gasteiger partial charge in [-0.25, -0.2) is 0 Å². The quantitative estimate of drug-likeness (QED) is 0.188. The van der Waals surface area contributed by atoms with Gasteiger partial charge in [0.1, 0.15) is 12.3 Å². The van der Waals surface area contributed by atoms with Crippen LogP contribution in [0.4, 0.5) is 28.9 Å². The van der Waals surface area contributed by atoms with Crippen molar-refractivity contribution in [1.82, 2.24) is 9.78 Å². The van der Waals surface area contributed by atoms with Gasteiger partial charge in [0.2, 0.25) is 0 Å². The molecular weight excluding hydrogens is 562 g/mol. The van der Waals surface area contributed by atoms with E-state index >= 15 is 0 Å². The lowest BCUT2D eigenvalue weighted by molar-refractivity contribution is -0.286. The van der Waals surface area contributed by atoms with E-state index in [1.807, 2.05) is 42.7 Å². The Morgan fingerprint density at radius 1 is 1.10 bits per heavy atom. The van der Waals surface area contributed by atoms with Crippen LogP contribution in [-0.4, -0.2) is 34.0 Å². The zero-order valence-corrected chi connectivity index (χ0v) is 22.5. The Kier molecular flexibility index (Phi) is 6.30. The van der Waals surface area contributed by atoms with E-state index in [1.165, 1.54) is 41.1 Å². The van der Waals surface area contributed by atoms with Crippen LogP contribution in [0.5, 0.6) is 11.5 Å². The summed E-state index contributed by atoms with van der Waals surface area (Å²) in [5, 5.41) is 14.9. The maximum atomic E-state index is 14.8. The van der Waals surface area contributed by atoms with Crippen LogP contribution in [0.25, 0.3) is 28.1 Å². The third-order valence-corrected chi connectivity index (χ3v) is 7.53. The van der Waals surface area contributed by atoms with E-state index in [0.717, 1.165) is 16.0 Å². The second kappa shape index (κ2) is 9.63. The third kappa shape index (κ3) is 4.50. The van der Waals surface area contributed by atoms with Gasteiger partial charge in [-0.15, -0.1) is 20.5 Å². The molecule has 212 valence electrons. The number of rotatable bonds is 6. The lowest BCUT2D eigenvalue weighted by Gasteiger charge is -2.35. The number of alkyl halides is 4. The van der Waals surface area contributed by atoms with Crippen LogP contribution < -0.4 is 25.6 Å². The van der Waals surface area contributed by atoms with Gasteiger partial charge in [-0.3, -0.25) is 15.1 Å². The molecule has 4 aromatic rings. The molecule has 2 aliphatic heterocycles. The lowest BCUT2D eigenvalue weighted by atomic mass is 9.97. The molecule has 0 radical (unpaired) electrons. The van der Waals surface area contributed by atoms with Crippen molar-refractivity contribution in [3.8, 4) is 33.9 Å². The number of thioether (sulfide) groups is 1. The molecule has 0 bridgehead atoms. The molecular formula is C28H23F4N5O3S. The number of fused-ring (bicyclic) bond motifs is 4. The van der Waals surface area contributed by atoms with Gasteiger partial charge in [-0.1, -0.05) is 18.2 Å². The SMILES string of the molecule is CSc1cccc(-c2ccc3c(c2)N(/C(=C\N)c2ccc4c(c2)OC(F)(F)O4)Nc2c(C(F)(F)CO)nn(C)c2-3)c1. The van der Waals surface area contributed by atoms with Crippen LogP contribution >= 0.6 is 11.8 Å². The van der Waals surface area contributed by atoms with Crippen LogP contribution in [-0.2, 0) is 13.0 Å². The molecule has 0 saturated heterocycles. The standard InChI is InChI=1S/C28H23F4N5O3S/c1-36-25-19-8-6-16(15-4-3-5-18(10-15)41-2)11-20(19)37(34-24(25)26(35-36)27(29,30)14-38)21(13-33)17-7-9-22-23(12-17)40-28(31,32)39-22/h3-13,34,38H,14,33H2,1-2H3/b21-13-. The summed E-state index contributed by atoms with van der Waals surface area (Å²) in [6, 6.07) is 17.6. The molecule has 0 spiro atoms. The van der Waals surface area contributed by atoms with Crippen LogP contribution in [0.2, 0.25) is 0 Å². The number of nitrogens with two attached hydrogens (primary N) is 1. The number of anilines is 2. The zero-order chi connectivity index (χ0) is 29.1. The summed E-state index contributed by atoms with van der Waals surface area (Å²) in [7, 11) is 1.53. The van der Waals surface area contributed by atoms with Crippen molar-refractivity contribution in [3.05, 3.63) is 78.1 Å². The summed E-state index contributed by atoms with van der Waals surface area (Å²) in [6.07, 6.45) is -0.626. The number of hydrogen-bond acceptors (Lipinski definition) is 8.